The molecule has 0 fully saturated rings. The molecule has 0 aliphatic carbocycles. The van der Waals surface area contributed by atoms with Crippen LogP contribution in [0.1, 0.15) is 5.69 Å². The van der Waals surface area contributed by atoms with E-state index in [-0.39, 0.29) is 0 Å². The number of nitrogens with one attached hydrogen (secondary N) is 1. The Morgan fingerprint density at radius 1 is 1.25 bits per heavy atom. The number of rotatable bonds is 4. The highest BCUT2D eigenvalue weighted by atomic mass is 15.3. The van der Waals surface area contributed by atoms with Crippen LogP contribution in [0.5, 0.6) is 0 Å². The van der Waals surface area contributed by atoms with Crippen molar-refractivity contribution in [2.75, 3.05) is 13.6 Å². The summed E-state index contributed by atoms with van der Waals surface area (Å²) < 4.78 is 1.94. The Hall–Kier alpha value is -1.61. The molecule has 84 valence electrons. The lowest BCUT2D eigenvalue weighted by Gasteiger charge is -1.99. The largest absolute Gasteiger partial charge is 0.319 e. The second kappa shape index (κ2) is 4.94. The lowest BCUT2D eigenvalue weighted by atomic mass is 10.1. The van der Waals surface area contributed by atoms with E-state index in [1.54, 1.807) is 0 Å². The minimum Gasteiger partial charge on any atom is -0.319 e. The standard InChI is InChI=1S/C13H17N3/c1-14-9-8-12-10-13(16(2)15-12)11-6-4-3-5-7-11/h3-7,10,14H,8-9H2,1-2H3. The van der Waals surface area contributed by atoms with E-state index >= 15 is 0 Å². The van der Waals surface area contributed by atoms with Gasteiger partial charge in [0.25, 0.3) is 0 Å². The molecule has 2 rings (SSSR count). The molecule has 0 atom stereocenters. The summed E-state index contributed by atoms with van der Waals surface area (Å²) in [6.45, 7) is 0.964. The van der Waals surface area contributed by atoms with Gasteiger partial charge in [0, 0.05) is 20.0 Å². The first-order valence-electron chi connectivity index (χ1n) is 5.54. The van der Waals surface area contributed by atoms with Crippen molar-refractivity contribution in [1.29, 1.82) is 0 Å². The average molecular weight is 215 g/mol. The Labute approximate surface area is 96.1 Å². The van der Waals surface area contributed by atoms with Crippen LogP contribution in [0.25, 0.3) is 11.3 Å². The van der Waals surface area contributed by atoms with Gasteiger partial charge in [-0.2, -0.15) is 5.10 Å². The maximum absolute atomic E-state index is 4.50. The summed E-state index contributed by atoms with van der Waals surface area (Å²) in [5, 5.41) is 7.64. The second-order valence-corrected chi connectivity index (χ2v) is 3.86. The molecule has 0 aliphatic heterocycles. The van der Waals surface area contributed by atoms with Crippen LogP contribution in [0.15, 0.2) is 36.4 Å². The zero-order valence-corrected chi connectivity index (χ0v) is 9.77. The number of hydrogen-bond donors (Lipinski definition) is 1. The third kappa shape index (κ3) is 2.31. The summed E-state index contributed by atoms with van der Waals surface area (Å²) >= 11 is 0. The van der Waals surface area contributed by atoms with Crippen LogP contribution in [0.2, 0.25) is 0 Å². The second-order valence-electron chi connectivity index (χ2n) is 3.86. The zero-order chi connectivity index (χ0) is 11.4. The third-order valence-corrected chi connectivity index (χ3v) is 2.63. The van der Waals surface area contributed by atoms with Crippen molar-refractivity contribution in [3.8, 4) is 11.3 Å². The molecule has 0 amide bonds. The normalized spacial score (nSPS) is 10.6. The van der Waals surface area contributed by atoms with Crippen molar-refractivity contribution in [2.24, 2.45) is 7.05 Å². The van der Waals surface area contributed by atoms with Crippen molar-refractivity contribution in [1.82, 2.24) is 15.1 Å². The molecule has 1 aromatic heterocycles. The molecule has 0 saturated heterocycles. The molecule has 0 radical (unpaired) electrons. The van der Waals surface area contributed by atoms with Gasteiger partial charge in [0.2, 0.25) is 0 Å². The molecular formula is C13H17N3. The van der Waals surface area contributed by atoms with Crippen LogP contribution < -0.4 is 5.32 Å². The zero-order valence-electron chi connectivity index (χ0n) is 9.77. The van der Waals surface area contributed by atoms with E-state index in [4.69, 9.17) is 0 Å². The van der Waals surface area contributed by atoms with Crippen LogP contribution in [0.4, 0.5) is 0 Å². The van der Waals surface area contributed by atoms with Gasteiger partial charge in [-0.1, -0.05) is 30.3 Å². The molecule has 2 aromatic rings. The fourth-order valence-corrected chi connectivity index (χ4v) is 1.78. The average Bonchev–Trinajstić information content (AvgIpc) is 2.69. The smallest absolute Gasteiger partial charge is 0.0681 e. The summed E-state index contributed by atoms with van der Waals surface area (Å²) in [5.41, 5.74) is 3.52. The van der Waals surface area contributed by atoms with E-state index in [1.165, 1.54) is 11.3 Å². The summed E-state index contributed by atoms with van der Waals surface area (Å²) in [6, 6.07) is 12.5. The van der Waals surface area contributed by atoms with Crippen molar-refractivity contribution < 1.29 is 0 Å². The number of aryl methyl sites for hydroxylation is 1. The van der Waals surface area contributed by atoms with Crippen LogP contribution in [-0.4, -0.2) is 23.4 Å². The molecule has 0 aliphatic rings. The van der Waals surface area contributed by atoms with Crippen molar-refractivity contribution in [2.45, 2.75) is 6.42 Å². The van der Waals surface area contributed by atoms with Crippen molar-refractivity contribution in [3.05, 3.63) is 42.1 Å². The Morgan fingerprint density at radius 3 is 2.69 bits per heavy atom. The van der Waals surface area contributed by atoms with Gasteiger partial charge in [-0.25, -0.2) is 0 Å². The minimum atomic E-state index is 0.964. The van der Waals surface area contributed by atoms with E-state index in [0.717, 1.165) is 18.7 Å². The number of nitrogens with zero attached hydrogens (tertiary/aromatic N) is 2. The SMILES string of the molecule is CNCCc1cc(-c2ccccc2)n(C)n1. The van der Waals surface area contributed by atoms with Crippen molar-refractivity contribution in [3.63, 3.8) is 0 Å². The number of hydrogen-bond acceptors (Lipinski definition) is 2. The van der Waals surface area contributed by atoms with Gasteiger partial charge >= 0.3 is 0 Å². The maximum Gasteiger partial charge on any atom is 0.0681 e. The van der Waals surface area contributed by atoms with Crippen LogP contribution >= 0.6 is 0 Å². The van der Waals surface area contributed by atoms with Gasteiger partial charge in [-0.15, -0.1) is 0 Å². The molecule has 1 aromatic carbocycles. The van der Waals surface area contributed by atoms with Crippen LogP contribution in [0, 0.1) is 0 Å². The van der Waals surface area contributed by atoms with E-state index < -0.39 is 0 Å². The molecule has 0 unspecified atom stereocenters. The van der Waals surface area contributed by atoms with E-state index in [0.29, 0.717) is 0 Å². The van der Waals surface area contributed by atoms with E-state index in [1.807, 2.05) is 24.8 Å². The van der Waals surface area contributed by atoms with Crippen molar-refractivity contribution >= 4 is 0 Å². The first-order valence-corrected chi connectivity index (χ1v) is 5.54. The van der Waals surface area contributed by atoms with Gasteiger partial charge in [-0.3, -0.25) is 4.68 Å². The molecular weight excluding hydrogens is 198 g/mol. The Kier molecular flexibility index (Phi) is 3.37. The lowest BCUT2D eigenvalue weighted by molar-refractivity contribution is 0.720. The lowest BCUT2D eigenvalue weighted by Crippen LogP contribution is -2.10. The van der Waals surface area contributed by atoms with Crippen LogP contribution in [-0.2, 0) is 13.5 Å². The van der Waals surface area contributed by atoms with Gasteiger partial charge in [0.05, 0.1) is 11.4 Å². The number of likely N-dealkylation sites (N-methyl/N-ethyl adjacent to an activating group) is 1. The first-order chi connectivity index (χ1) is 7.81. The summed E-state index contributed by atoms with van der Waals surface area (Å²) in [7, 11) is 3.95. The highest BCUT2D eigenvalue weighted by Crippen LogP contribution is 2.19. The number of benzene rings is 1. The van der Waals surface area contributed by atoms with Gasteiger partial charge in [-0.05, 0) is 18.7 Å². The summed E-state index contributed by atoms with van der Waals surface area (Å²) in [6.07, 6.45) is 0.969. The minimum absolute atomic E-state index is 0.964. The van der Waals surface area contributed by atoms with Gasteiger partial charge in [0.1, 0.15) is 0 Å². The van der Waals surface area contributed by atoms with E-state index in [2.05, 4.69) is 40.7 Å². The Balaban J connectivity index is 2.25. The molecule has 16 heavy (non-hydrogen) atoms. The topological polar surface area (TPSA) is 29.9 Å². The highest BCUT2D eigenvalue weighted by Gasteiger charge is 2.06. The first kappa shape index (κ1) is 10.9. The molecule has 1 N–H and O–H groups in total. The highest BCUT2D eigenvalue weighted by molar-refractivity contribution is 5.59. The quantitative estimate of drug-likeness (QED) is 0.843. The Bertz CT molecular complexity index is 445. The fourth-order valence-electron chi connectivity index (χ4n) is 1.78. The summed E-state index contributed by atoms with van der Waals surface area (Å²) in [5.74, 6) is 0. The predicted octanol–water partition coefficient (Wildman–Crippen LogP) is 1.85. The van der Waals surface area contributed by atoms with Crippen LogP contribution in [0.3, 0.4) is 0 Å². The van der Waals surface area contributed by atoms with E-state index in [9.17, 15) is 0 Å². The molecule has 3 nitrogen and oxygen atoms in total. The third-order valence-electron chi connectivity index (χ3n) is 2.63. The van der Waals surface area contributed by atoms with Gasteiger partial charge < -0.3 is 5.32 Å². The monoisotopic (exact) mass is 215 g/mol. The predicted molar refractivity (Wildman–Crippen MR) is 66.3 cm³/mol. The maximum atomic E-state index is 4.50. The fraction of sp³-hybridized carbons (Fsp3) is 0.308. The molecule has 0 bridgehead atoms. The summed E-state index contributed by atoms with van der Waals surface area (Å²) in [4.78, 5) is 0. The molecule has 3 heteroatoms. The molecule has 0 saturated carbocycles. The number of aromatic nitrogens is 2. The molecule has 0 spiro atoms. The van der Waals surface area contributed by atoms with Gasteiger partial charge in [0.15, 0.2) is 0 Å². The Morgan fingerprint density at radius 2 is 2.00 bits per heavy atom. The molecule has 1 heterocycles.